The number of hydrogen-bond acceptors (Lipinski definition) is 3. The van der Waals surface area contributed by atoms with E-state index in [4.69, 9.17) is 0 Å². The summed E-state index contributed by atoms with van der Waals surface area (Å²) in [4.78, 5) is 14.6. The summed E-state index contributed by atoms with van der Waals surface area (Å²) in [6, 6.07) is 13.7. The van der Waals surface area contributed by atoms with E-state index in [1.807, 2.05) is 24.3 Å². The van der Waals surface area contributed by atoms with Gasteiger partial charge in [0.15, 0.2) is 0 Å². The third kappa shape index (κ3) is 4.07. The number of halogens is 2. The second kappa shape index (κ2) is 6.78. The number of nitrogens with zero attached hydrogens (tertiary/aromatic N) is 2. The van der Waals surface area contributed by atoms with Crippen LogP contribution < -0.4 is 11.0 Å². The minimum atomic E-state index is -0.303. The van der Waals surface area contributed by atoms with Crippen LogP contribution in [-0.2, 0) is 13.1 Å². The molecule has 0 saturated heterocycles. The second-order valence-electron chi connectivity index (χ2n) is 5.02. The smallest absolute Gasteiger partial charge is 0.343 e. The Kier molecular flexibility index (Phi) is 4.57. The molecular formula is C16H14BrFN4O. The molecule has 0 amide bonds. The molecule has 2 aromatic carbocycles. The molecule has 0 saturated carbocycles. The summed E-state index contributed by atoms with van der Waals surface area (Å²) in [6.07, 6.45) is 0. The number of anilines is 1. The van der Waals surface area contributed by atoms with Crippen LogP contribution >= 0.6 is 15.9 Å². The number of hydrogen-bond donors (Lipinski definition) is 2. The van der Waals surface area contributed by atoms with Crippen LogP contribution in [0.1, 0.15) is 11.4 Å². The topological polar surface area (TPSA) is 62.7 Å². The van der Waals surface area contributed by atoms with Gasteiger partial charge in [-0.3, -0.25) is 4.98 Å². The summed E-state index contributed by atoms with van der Waals surface area (Å²) in [7, 11) is 0. The van der Waals surface area contributed by atoms with Crippen molar-refractivity contribution in [3.8, 4) is 0 Å². The lowest BCUT2D eigenvalue weighted by Gasteiger charge is -2.03. The number of H-pyrrole nitrogens is 1. The third-order valence-corrected chi connectivity index (χ3v) is 3.81. The van der Waals surface area contributed by atoms with Gasteiger partial charge < -0.3 is 5.32 Å². The number of aromatic amines is 1. The maximum absolute atomic E-state index is 12.9. The van der Waals surface area contributed by atoms with Crippen LogP contribution in [0.15, 0.2) is 57.8 Å². The molecular weight excluding hydrogens is 363 g/mol. The van der Waals surface area contributed by atoms with Gasteiger partial charge in [-0.25, -0.2) is 13.9 Å². The Morgan fingerprint density at radius 3 is 2.52 bits per heavy atom. The lowest BCUT2D eigenvalue weighted by atomic mass is 10.2. The molecule has 0 bridgehead atoms. The van der Waals surface area contributed by atoms with Gasteiger partial charge in [0.2, 0.25) is 0 Å². The zero-order valence-corrected chi connectivity index (χ0v) is 13.7. The summed E-state index contributed by atoms with van der Waals surface area (Å²) in [5.41, 5.74) is 1.46. The zero-order chi connectivity index (χ0) is 16.2. The van der Waals surface area contributed by atoms with Crippen LogP contribution in [0, 0.1) is 5.82 Å². The Bertz CT molecular complexity index is 840. The highest BCUT2D eigenvalue weighted by molar-refractivity contribution is 9.10. The molecule has 0 radical (unpaired) electrons. The van der Waals surface area contributed by atoms with E-state index in [1.165, 1.54) is 16.8 Å². The van der Waals surface area contributed by atoms with E-state index in [9.17, 15) is 9.18 Å². The predicted octanol–water partition coefficient (Wildman–Crippen LogP) is 3.13. The normalized spacial score (nSPS) is 10.7. The van der Waals surface area contributed by atoms with Crippen molar-refractivity contribution >= 4 is 21.6 Å². The predicted molar refractivity (Wildman–Crippen MR) is 89.8 cm³/mol. The van der Waals surface area contributed by atoms with E-state index in [0.717, 1.165) is 15.7 Å². The Hall–Kier alpha value is -2.41. The van der Waals surface area contributed by atoms with Gasteiger partial charge in [0.25, 0.3) is 0 Å². The Morgan fingerprint density at radius 1 is 1.13 bits per heavy atom. The van der Waals surface area contributed by atoms with Crippen molar-refractivity contribution in [3.05, 3.63) is 80.7 Å². The summed E-state index contributed by atoms with van der Waals surface area (Å²) < 4.78 is 15.2. The fourth-order valence-corrected chi connectivity index (χ4v) is 2.37. The average molecular weight is 377 g/mol. The van der Waals surface area contributed by atoms with Crippen molar-refractivity contribution in [2.45, 2.75) is 13.1 Å². The highest BCUT2D eigenvalue weighted by Crippen LogP contribution is 2.14. The van der Waals surface area contributed by atoms with Crippen LogP contribution in [0.4, 0.5) is 10.1 Å². The standard InChI is InChI=1S/C16H14BrFN4O/c17-12-3-7-14(8-4-12)19-9-15-20-16(23)22(21-15)10-11-1-5-13(18)6-2-11/h1-8,19H,9-10H2,(H,20,21,23). The molecule has 3 rings (SSSR count). The molecule has 0 aliphatic carbocycles. The molecule has 0 unspecified atom stereocenters. The minimum Gasteiger partial charge on any atom is -0.378 e. The average Bonchev–Trinajstić information content (AvgIpc) is 2.89. The van der Waals surface area contributed by atoms with Gasteiger partial charge in [-0.1, -0.05) is 28.1 Å². The largest absolute Gasteiger partial charge is 0.378 e. The Balaban J connectivity index is 1.67. The molecule has 0 atom stereocenters. The highest BCUT2D eigenvalue weighted by atomic mass is 79.9. The molecule has 1 heterocycles. The molecule has 0 aliphatic heterocycles. The van der Waals surface area contributed by atoms with E-state index in [1.54, 1.807) is 12.1 Å². The van der Waals surface area contributed by atoms with Crippen molar-refractivity contribution < 1.29 is 4.39 Å². The monoisotopic (exact) mass is 376 g/mol. The van der Waals surface area contributed by atoms with Gasteiger partial charge >= 0.3 is 5.69 Å². The van der Waals surface area contributed by atoms with Crippen LogP contribution in [0.3, 0.4) is 0 Å². The molecule has 2 N–H and O–H groups in total. The van der Waals surface area contributed by atoms with E-state index in [-0.39, 0.29) is 11.5 Å². The van der Waals surface area contributed by atoms with Crippen molar-refractivity contribution in [3.63, 3.8) is 0 Å². The molecule has 5 nitrogen and oxygen atoms in total. The first-order valence-electron chi connectivity index (χ1n) is 7.00. The van der Waals surface area contributed by atoms with E-state index >= 15 is 0 Å². The van der Waals surface area contributed by atoms with Gasteiger partial charge in [0.1, 0.15) is 11.6 Å². The summed E-state index contributed by atoms with van der Waals surface area (Å²) >= 11 is 3.38. The van der Waals surface area contributed by atoms with Gasteiger partial charge in [-0.15, -0.1) is 0 Å². The molecule has 3 aromatic rings. The molecule has 0 fully saturated rings. The highest BCUT2D eigenvalue weighted by Gasteiger charge is 2.06. The number of nitrogens with one attached hydrogen (secondary N) is 2. The van der Waals surface area contributed by atoms with Crippen molar-refractivity contribution in [1.82, 2.24) is 14.8 Å². The van der Waals surface area contributed by atoms with Crippen LogP contribution in [0.2, 0.25) is 0 Å². The Labute approximate surface area is 140 Å². The van der Waals surface area contributed by atoms with E-state index in [0.29, 0.717) is 18.9 Å². The lowest BCUT2D eigenvalue weighted by molar-refractivity contribution is 0.621. The van der Waals surface area contributed by atoms with Crippen LogP contribution in [-0.4, -0.2) is 14.8 Å². The summed E-state index contributed by atoms with van der Waals surface area (Å²) in [5.74, 6) is 0.238. The van der Waals surface area contributed by atoms with E-state index in [2.05, 4.69) is 31.3 Å². The number of aromatic nitrogens is 3. The first kappa shape index (κ1) is 15.5. The van der Waals surface area contributed by atoms with Crippen molar-refractivity contribution in [1.29, 1.82) is 0 Å². The van der Waals surface area contributed by atoms with Gasteiger partial charge in [-0.2, -0.15) is 5.10 Å². The second-order valence-corrected chi connectivity index (χ2v) is 5.94. The van der Waals surface area contributed by atoms with Gasteiger partial charge in [-0.05, 0) is 42.0 Å². The summed E-state index contributed by atoms with van der Waals surface area (Å²) in [5, 5.41) is 7.43. The van der Waals surface area contributed by atoms with Gasteiger partial charge in [0.05, 0.1) is 13.1 Å². The van der Waals surface area contributed by atoms with Crippen molar-refractivity contribution in [2.24, 2.45) is 0 Å². The Morgan fingerprint density at radius 2 is 1.83 bits per heavy atom. The number of rotatable bonds is 5. The number of benzene rings is 2. The molecule has 0 aliphatic rings. The maximum atomic E-state index is 12.9. The third-order valence-electron chi connectivity index (χ3n) is 3.28. The summed E-state index contributed by atoms with van der Waals surface area (Å²) in [6.45, 7) is 0.710. The zero-order valence-electron chi connectivity index (χ0n) is 12.1. The minimum absolute atomic E-state index is 0.290. The van der Waals surface area contributed by atoms with Gasteiger partial charge in [0, 0.05) is 10.2 Å². The first-order chi connectivity index (χ1) is 11.1. The molecule has 0 spiro atoms. The molecule has 1 aromatic heterocycles. The first-order valence-corrected chi connectivity index (χ1v) is 7.79. The molecule has 7 heteroatoms. The quantitative estimate of drug-likeness (QED) is 0.718. The van der Waals surface area contributed by atoms with Crippen LogP contribution in [0.25, 0.3) is 0 Å². The fraction of sp³-hybridized carbons (Fsp3) is 0.125. The van der Waals surface area contributed by atoms with Crippen LogP contribution in [0.5, 0.6) is 0 Å². The van der Waals surface area contributed by atoms with Crippen molar-refractivity contribution in [2.75, 3.05) is 5.32 Å². The maximum Gasteiger partial charge on any atom is 0.343 e. The van der Waals surface area contributed by atoms with E-state index < -0.39 is 0 Å². The molecule has 118 valence electrons. The lowest BCUT2D eigenvalue weighted by Crippen LogP contribution is -2.18. The fourth-order valence-electron chi connectivity index (χ4n) is 2.11. The molecule has 23 heavy (non-hydrogen) atoms. The SMILES string of the molecule is O=c1[nH]c(CNc2ccc(Br)cc2)nn1Cc1ccc(F)cc1.